The average Bonchev–Trinajstić information content (AvgIpc) is 3.03. The summed E-state index contributed by atoms with van der Waals surface area (Å²) in [5.74, 6) is -1.16. The quantitative estimate of drug-likeness (QED) is 0.403. The molecule has 2 aromatic carbocycles. The molecule has 138 valence electrons. The molecule has 0 saturated heterocycles. The fraction of sp³-hybridized carbons (Fsp3) is 0.435. The van der Waals surface area contributed by atoms with Gasteiger partial charge in [0.25, 0.3) is 0 Å². The van der Waals surface area contributed by atoms with E-state index in [1.54, 1.807) is 0 Å². The van der Waals surface area contributed by atoms with E-state index in [-0.39, 0.29) is 0 Å². The van der Waals surface area contributed by atoms with Gasteiger partial charge in [-0.05, 0) is 18.1 Å². The van der Waals surface area contributed by atoms with Crippen molar-refractivity contribution in [3.63, 3.8) is 0 Å². The van der Waals surface area contributed by atoms with Crippen molar-refractivity contribution in [3.05, 3.63) is 48.0 Å². The van der Waals surface area contributed by atoms with Crippen molar-refractivity contribution in [2.45, 2.75) is 64.2 Å². The summed E-state index contributed by atoms with van der Waals surface area (Å²) in [6.07, 6.45) is 9.14. The van der Waals surface area contributed by atoms with Crippen molar-refractivity contribution >= 4 is 27.8 Å². The molecule has 0 aliphatic rings. The van der Waals surface area contributed by atoms with Gasteiger partial charge in [-0.1, -0.05) is 88.3 Å². The number of nitrogens with one attached hydrogen (secondary N) is 1. The largest absolute Gasteiger partial charge is 0.481 e. The second kappa shape index (κ2) is 8.88. The molecule has 0 radical (unpaired) electrons. The van der Waals surface area contributed by atoms with Crippen LogP contribution in [0, 0.1) is 0 Å². The van der Waals surface area contributed by atoms with E-state index >= 15 is 0 Å². The molecule has 2 N–H and O–H groups in total. The van der Waals surface area contributed by atoms with E-state index in [9.17, 15) is 9.90 Å². The standard InChI is InChI=1S/C23H29NO2/c1-2-3-4-5-6-7-8-13-20(23(25)26)19-15-11-14-18-17-12-9-10-16-21(17)24-22(18)19/h9-12,14-16,20,24H,2-8,13H2,1H3,(H,25,26). The zero-order valence-corrected chi connectivity index (χ0v) is 15.6. The van der Waals surface area contributed by atoms with Crippen molar-refractivity contribution in [2.75, 3.05) is 0 Å². The molecule has 1 aromatic heterocycles. The van der Waals surface area contributed by atoms with Gasteiger partial charge in [0, 0.05) is 16.3 Å². The zero-order valence-electron chi connectivity index (χ0n) is 15.6. The van der Waals surface area contributed by atoms with Gasteiger partial charge in [0.15, 0.2) is 0 Å². The lowest BCUT2D eigenvalue weighted by Gasteiger charge is -2.14. The number of fused-ring (bicyclic) bond motifs is 3. The van der Waals surface area contributed by atoms with Crippen LogP contribution in [0.1, 0.15) is 69.8 Å². The molecule has 3 heteroatoms. The number of aromatic amines is 1. The molecule has 0 aliphatic heterocycles. The van der Waals surface area contributed by atoms with Crippen LogP contribution in [-0.4, -0.2) is 16.1 Å². The van der Waals surface area contributed by atoms with Crippen molar-refractivity contribution in [3.8, 4) is 0 Å². The molecule has 0 saturated carbocycles. The molecule has 3 nitrogen and oxygen atoms in total. The number of carbonyl (C=O) groups is 1. The lowest BCUT2D eigenvalue weighted by atomic mass is 9.91. The van der Waals surface area contributed by atoms with E-state index in [1.165, 1.54) is 32.1 Å². The zero-order chi connectivity index (χ0) is 18.4. The van der Waals surface area contributed by atoms with Crippen molar-refractivity contribution in [1.82, 2.24) is 4.98 Å². The van der Waals surface area contributed by atoms with E-state index in [0.717, 1.165) is 40.2 Å². The van der Waals surface area contributed by atoms with Crippen LogP contribution < -0.4 is 0 Å². The minimum absolute atomic E-state index is 0.442. The van der Waals surface area contributed by atoms with Crippen LogP contribution in [-0.2, 0) is 4.79 Å². The number of hydrogen-bond donors (Lipinski definition) is 2. The first-order valence-corrected chi connectivity index (χ1v) is 9.94. The molecule has 1 atom stereocenters. The van der Waals surface area contributed by atoms with E-state index in [1.807, 2.05) is 30.3 Å². The third kappa shape index (κ3) is 4.09. The summed E-state index contributed by atoms with van der Waals surface area (Å²) in [6, 6.07) is 14.2. The smallest absolute Gasteiger partial charge is 0.311 e. The summed E-state index contributed by atoms with van der Waals surface area (Å²) >= 11 is 0. The molecule has 1 unspecified atom stereocenters. The maximum absolute atomic E-state index is 12.0. The van der Waals surface area contributed by atoms with Crippen LogP contribution in [0.4, 0.5) is 0 Å². The Kier molecular flexibility index (Phi) is 6.32. The molecule has 26 heavy (non-hydrogen) atoms. The summed E-state index contributed by atoms with van der Waals surface area (Å²) in [6.45, 7) is 2.22. The first-order valence-electron chi connectivity index (χ1n) is 9.94. The predicted molar refractivity (Wildman–Crippen MR) is 109 cm³/mol. The summed E-state index contributed by atoms with van der Waals surface area (Å²) in [7, 11) is 0. The summed E-state index contributed by atoms with van der Waals surface area (Å²) < 4.78 is 0. The second-order valence-electron chi connectivity index (χ2n) is 7.24. The molecule has 3 rings (SSSR count). The number of H-pyrrole nitrogens is 1. The van der Waals surface area contributed by atoms with Crippen LogP contribution in [0.3, 0.4) is 0 Å². The van der Waals surface area contributed by atoms with Gasteiger partial charge in [-0.3, -0.25) is 4.79 Å². The minimum Gasteiger partial charge on any atom is -0.481 e. The molecule has 0 amide bonds. The first-order chi connectivity index (χ1) is 12.7. The minimum atomic E-state index is -0.720. The summed E-state index contributed by atoms with van der Waals surface area (Å²) in [5, 5.41) is 12.1. The molecule has 0 aliphatic carbocycles. The number of carboxylic acids is 1. The van der Waals surface area contributed by atoms with Gasteiger partial charge < -0.3 is 10.1 Å². The lowest BCUT2D eigenvalue weighted by molar-refractivity contribution is -0.139. The average molecular weight is 351 g/mol. The van der Waals surface area contributed by atoms with E-state index in [4.69, 9.17) is 0 Å². The Morgan fingerprint density at radius 1 is 0.923 bits per heavy atom. The first kappa shape index (κ1) is 18.5. The number of rotatable bonds is 10. The van der Waals surface area contributed by atoms with Crippen molar-refractivity contribution < 1.29 is 9.90 Å². The van der Waals surface area contributed by atoms with Crippen molar-refractivity contribution in [2.24, 2.45) is 0 Å². The topological polar surface area (TPSA) is 53.1 Å². The third-order valence-electron chi connectivity index (χ3n) is 5.34. The number of aliphatic carboxylic acids is 1. The van der Waals surface area contributed by atoms with Gasteiger partial charge in [0.1, 0.15) is 0 Å². The number of aromatic nitrogens is 1. The summed E-state index contributed by atoms with van der Waals surface area (Å²) in [4.78, 5) is 15.4. The van der Waals surface area contributed by atoms with Gasteiger partial charge in [0.2, 0.25) is 0 Å². The Hall–Kier alpha value is -2.29. The number of hydrogen-bond acceptors (Lipinski definition) is 1. The molecule has 0 fully saturated rings. The number of unbranched alkanes of at least 4 members (excludes halogenated alkanes) is 6. The highest BCUT2D eigenvalue weighted by Gasteiger charge is 2.22. The van der Waals surface area contributed by atoms with Crippen LogP contribution in [0.5, 0.6) is 0 Å². The molecule has 1 heterocycles. The second-order valence-corrected chi connectivity index (χ2v) is 7.24. The van der Waals surface area contributed by atoms with Gasteiger partial charge >= 0.3 is 5.97 Å². The fourth-order valence-corrected chi connectivity index (χ4v) is 3.90. The summed E-state index contributed by atoms with van der Waals surface area (Å²) in [5.41, 5.74) is 2.95. The molecular weight excluding hydrogens is 322 g/mol. The van der Waals surface area contributed by atoms with Crippen molar-refractivity contribution in [1.29, 1.82) is 0 Å². The van der Waals surface area contributed by atoms with Gasteiger partial charge in [-0.2, -0.15) is 0 Å². The normalized spacial score (nSPS) is 12.7. The van der Waals surface area contributed by atoms with Gasteiger partial charge in [0.05, 0.1) is 11.4 Å². The number of carboxylic acid groups (broad SMARTS) is 1. The Bertz CT molecular complexity index is 865. The Morgan fingerprint density at radius 2 is 1.62 bits per heavy atom. The molecule has 0 bridgehead atoms. The SMILES string of the molecule is CCCCCCCCCC(C(=O)O)c1cccc2c1[nH]c1ccccc12. The highest BCUT2D eigenvalue weighted by atomic mass is 16.4. The van der Waals surface area contributed by atoms with E-state index in [2.05, 4.69) is 24.0 Å². The Labute approximate surface area is 155 Å². The molecule has 3 aromatic rings. The van der Waals surface area contributed by atoms with Gasteiger partial charge in [-0.15, -0.1) is 0 Å². The number of benzene rings is 2. The van der Waals surface area contributed by atoms with E-state index in [0.29, 0.717) is 6.42 Å². The third-order valence-corrected chi connectivity index (χ3v) is 5.34. The molecular formula is C23H29NO2. The van der Waals surface area contributed by atoms with Crippen LogP contribution in [0.25, 0.3) is 21.8 Å². The van der Waals surface area contributed by atoms with Crippen LogP contribution >= 0.6 is 0 Å². The monoisotopic (exact) mass is 351 g/mol. The predicted octanol–water partition coefficient (Wildman–Crippen LogP) is 6.63. The highest BCUT2D eigenvalue weighted by molar-refractivity contribution is 6.08. The maximum Gasteiger partial charge on any atom is 0.311 e. The Morgan fingerprint density at radius 3 is 2.38 bits per heavy atom. The van der Waals surface area contributed by atoms with Gasteiger partial charge in [-0.25, -0.2) is 0 Å². The van der Waals surface area contributed by atoms with E-state index < -0.39 is 11.9 Å². The highest BCUT2D eigenvalue weighted by Crippen LogP contribution is 2.33. The maximum atomic E-state index is 12.0. The number of para-hydroxylation sites is 2. The fourth-order valence-electron chi connectivity index (χ4n) is 3.90. The van der Waals surface area contributed by atoms with Crippen LogP contribution in [0.2, 0.25) is 0 Å². The lowest BCUT2D eigenvalue weighted by Crippen LogP contribution is -2.12. The Balaban J connectivity index is 1.75. The van der Waals surface area contributed by atoms with Crippen LogP contribution in [0.15, 0.2) is 42.5 Å². The molecule has 0 spiro atoms.